The molecule has 2 aromatic rings. The predicted octanol–water partition coefficient (Wildman–Crippen LogP) is 3.74. The summed E-state index contributed by atoms with van der Waals surface area (Å²) in [4.78, 5) is 6.84. The molecule has 26 heavy (non-hydrogen) atoms. The van der Waals surface area contributed by atoms with E-state index in [4.69, 9.17) is 9.47 Å². The Hall–Kier alpha value is -2.47. The van der Waals surface area contributed by atoms with Crippen molar-refractivity contribution in [2.45, 2.75) is 19.3 Å². The minimum Gasteiger partial charge on any atom is -0.493 e. The average molecular weight is 356 g/mol. The SMILES string of the molecule is CNc1ccnc(Nc2ccc(OC)c(OCCCN3CCCC3)c2)c1. The van der Waals surface area contributed by atoms with Crippen molar-refractivity contribution in [2.24, 2.45) is 0 Å². The second-order valence-corrected chi connectivity index (χ2v) is 6.42. The summed E-state index contributed by atoms with van der Waals surface area (Å²) in [6.07, 6.45) is 5.44. The number of nitrogens with zero attached hydrogens (tertiary/aromatic N) is 2. The quantitative estimate of drug-likeness (QED) is 0.668. The van der Waals surface area contributed by atoms with Crippen molar-refractivity contribution in [3.63, 3.8) is 0 Å². The molecule has 2 heterocycles. The van der Waals surface area contributed by atoms with Crippen LogP contribution in [0.15, 0.2) is 36.5 Å². The monoisotopic (exact) mass is 356 g/mol. The molecule has 1 aromatic carbocycles. The Morgan fingerprint density at radius 3 is 2.69 bits per heavy atom. The van der Waals surface area contributed by atoms with Crippen LogP contribution in [-0.2, 0) is 0 Å². The number of aromatic nitrogens is 1. The Bertz CT molecular complexity index is 702. The maximum atomic E-state index is 5.99. The number of pyridine rings is 1. The van der Waals surface area contributed by atoms with E-state index < -0.39 is 0 Å². The van der Waals surface area contributed by atoms with Crippen molar-refractivity contribution in [1.82, 2.24) is 9.88 Å². The normalized spacial score (nSPS) is 14.2. The minimum absolute atomic E-state index is 0.684. The molecule has 6 heteroatoms. The third kappa shape index (κ3) is 5.02. The van der Waals surface area contributed by atoms with E-state index in [-0.39, 0.29) is 0 Å². The molecule has 6 nitrogen and oxygen atoms in total. The van der Waals surface area contributed by atoms with Crippen LogP contribution in [-0.4, -0.2) is 50.3 Å². The summed E-state index contributed by atoms with van der Waals surface area (Å²) in [7, 11) is 3.55. The second kappa shape index (κ2) is 9.29. The van der Waals surface area contributed by atoms with Gasteiger partial charge in [-0.05, 0) is 50.6 Å². The Balaban J connectivity index is 1.59. The largest absolute Gasteiger partial charge is 0.493 e. The van der Waals surface area contributed by atoms with E-state index in [0.717, 1.165) is 41.7 Å². The molecule has 0 radical (unpaired) electrons. The Morgan fingerprint density at radius 1 is 1.08 bits per heavy atom. The van der Waals surface area contributed by atoms with Gasteiger partial charge in [0.25, 0.3) is 0 Å². The molecular formula is C20H28N4O2. The molecule has 0 atom stereocenters. The fourth-order valence-corrected chi connectivity index (χ4v) is 3.15. The lowest BCUT2D eigenvalue weighted by Gasteiger charge is -2.16. The summed E-state index contributed by atoms with van der Waals surface area (Å²) in [5.74, 6) is 2.28. The van der Waals surface area contributed by atoms with Crippen LogP contribution in [0.2, 0.25) is 0 Å². The molecule has 0 amide bonds. The maximum absolute atomic E-state index is 5.99. The van der Waals surface area contributed by atoms with Gasteiger partial charge in [-0.15, -0.1) is 0 Å². The highest BCUT2D eigenvalue weighted by molar-refractivity contribution is 5.63. The van der Waals surface area contributed by atoms with Gasteiger partial charge in [-0.3, -0.25) is 0 Å². The molecule has 0 unspecified atom stereocenters. The molecule has 1 aliphatic rings. The van der Waals surface area contributed by atoms with Gasteiger partial charge in [0.05, 0.1) is 13.7 Å². The van der Waals surface area contributed by atoms with Gasteiger partial charge in [-0.2, -0.15) is 0 Å². The van der Waals surface area contributed by atoms with Gasteiger partial charge >= 0.3 is 0 Å². The van der Waals surface area contributed by atoms with Gasteiger partial charge in [0.15, 0.2) is 11.5 Å². The summed E-state index contributed by atoms with van der Waals surface area (Å²) in [6, 6.07) is 9.72. The van der Waals surface area contributed by atoms with Crippen LogP contribution < -0.4 is 20.1 Å². The average Bonchev–Trinajstić information content (AvgIpc) is 3.19. The zero-order valence-corrected chi connectivity index (χ0v) is 15.6. The summed E-state index contributed by atoms with van der Waals surface area (Å²) >= 11 is 0. The zero-order valence-electron chi connectivity index (χ0n) is 15.6. The number of rotatable bonds is 9. The van der Waals surface area contributed by atoms with Gasteiger partial charge in [-0.25, -0.2) is 4.98 Å². The van der Waals surface area contributed by atoms with Crippen molar-refractivity contribution in [1.29, 1.82) is 0 Å². The van der Waals surface area contributed by atoms with E-state index in [9.17, 15) is 0 Å². The van der Waals surface area contributed by atoms with E-state index in [1.165, 1.54) is 25.9 Å². The van der Waals surface area contributed by atoms with Crippen LogP contribution in [0.4, 0.5) is 17.2 Å². The predicted molar refractivity (Wildman–Crippen MR) is 106 cm³/mol. The fraction of sp³-hybridized carbons (Fsp3) is 0.450. The lowest BCUT2D eigenvalue weighted by molar-refractivity contribution is 0.254. The third-order valence-electron chi connectivity index (χ3n) is 4.56. The highest BCUT2D eigenvalue weighted by atomic mass is 16.5. The second-order valence-electron chi connectivity index (χ2n) is 6.42. The molecule has 3 rings (SSSR count). The fourth-order valence-electron chi connectivity index (χ4n) is 3.15. The first-order valence-corrected chi connectivity index (χ1v) is 9.22. The molecule has 140 valence electrons. The van der Waals surface area contributed by atoms with Gasteiger partial charge in [-0.1, -0.05) is 0 Å². The van der Waals surface area contributed by atoms with Crippen LogP contribution >= 0.6 is 0 Å². The first kappa shape index (κ1) is 18.3. The van der Waals surface area contributed by atoms with Crippen molar-refractivity contribution in [3.05, 3.63) is 36.5 Å². The summed E-state index contributed by atoms with van der Waals surface area (Å²) in [5.41, 5.74) is 1.93. The van der Waals surface area contributed by atoms with Crippen molar-refractivity contribution in [3.8, 4) is 11.5 Å². The van der Waals surface area contributed by atoms with Gasteiger partial charge in [0, 0.05) is 43.3 Å². The van der Waals surface area contributed by atoms with Crippen LogP contribution in [0.5, 0.6) is 11.5 Å². The van der Waals surface area contributed by atoms with Crippen LogP contribution in [0.1, 0.15) is 19.3 Å². The van der Waals surface area contributed by atoms with Crippen LogP contribution in [0.25, 0.3) is 0 Å². The van der Waals surface area contributed by atoms with E-state index >= 15 is 0 Å². The molecular weight excluding hydrogens is 328 g/mol. The number of likely N-dealkylation sites (tertiary alicyclic amines) is 1. The number of methoxy groups -OCH3 is 1. The highest BCUT2D eigenvalue weighted by Gasteiger charge is 2.11. The van der Waals surface area contributed by atoms with Crippen LogP contribution in [0, 0.1) is 0 Å². The lowest BCUT2D eigenvalue weighted by atomic mass is 10.2. The molecule has 1 saturated heterocycles. The number of ether oxygens (including phenoxy) is 2. The molecule has 0 spiro atoms. The minimum atomic E-state index is 0.684. The van der Waals surface area contributed by atoms with Crippen molar-refractivity contribution >= 4 is 17.2 Å². The number of anilines is 3. The first-order valence-electron chi connectivity index (χ1n) is 9.22. The molecule has 2 N–H and O–H groups in total. The molecule has 1 fully saturated rings. The number of nitrogens with one attached hydrogen (secondary N) is 2. The maximum Gasteiger partial charge on any atom is 0.163 e. The molecule has 1 aromatic heterocycles. The van der Waals surface area contributed by atoms with E-state index in [1.54, 1.807) is 13.3 Å². The Labute approximate surface area is 155 Å². The standard InChI is InChI=1S/C20H28N4O2/c1-21-16-8-9-22-20(15-16)23-17-6-7-18(25-2)19(14-17)26-13-5-12-24-10-3-4-11-24/h6-9,14-15H,3-5,10-13H2,1-2H3,(H2,21,22,23). The lowest BCUT2D eigenvalue weighted by Crippen LogP contribution is -2.21. The smallest absolute Gasteiger partial charge is 0.163 e. The van der Waals surface area contributed by atoms with E-state index in [0.29, 0.717) is 6.61 Å². The van der Waals surface area contributed by atoms with Crippen molar-refractivity contribution in [2.75, 3.05) is 51.0 Å². The Morgan fingerprint density at radius 2 is 1.92 bits per heavy atom. The summed E-state index contributed by atoms with van der Waals surface area (Å²) in [6.45, 7) is 4.23. The number of hydrogen-bond donors (Lipinski definition) is 2. The van der Waals surface area contributed by atoms with Gasteiger partial charge < -0.3 is 25.0 Å². The van der Waals surface area contributed by atoms with Gasteiger partial charge in [0.2, 0.25) is 0 Å². The first-order chi connectivity index (χ1) is 12.8. The number of hydrogen-bond acceptors (Lipinski definition) is 6. The Kier molecular flexibility index (Phi) is 6.55. The molecule has 1 aliphatic heterocycles. The van der Waals surface area contributed by atoms with Crippen LogP contribution in [0.3, 0.4) is 0 Å². The van der Waals surface area contributed by atoms with E-state index in [1.807, 2.05) is 37.4 Å². The topological polar surface area (TPSA) is 58.7 Å². The molecule has 0 aliphatic carbocycles. The zero-order chi connectivity index (χ0) is 18.2. The molecule has 0 saturated carbocycles. The highest BCUT2D eigenvalue weighted by Crippen LogP contribution is 2.31. The summed E-state index contributed by atoms with van der Waals surface area (Å²) < 4.78 is 11.4. The molecule has 0 bridgehead atoms. The third-order valence-corrected chi connectivity index (χ3v) is 4.56. The summed E-state index contributed by atoms with van der Waals surface area (Å²) in [5, 5.41) is 6.42. The number of benzene rings is 1. The van der Waals surface area contributed by atoms with Gasteiger partial charge in [0.1, 0.15) is 5.82 Å². The van der Waals surface area contributed by atoms with Crippen molar-refractivity contribution < 1.29 is 9.47 Å². The van der Waals surface area contributed by atoms with E-state index in [2.05, 4.69) is 20.5 Å².